The van der Waals surface area contributed by atoms with Crippen LogP contribution in [0.5, 0.6) is 0 Å². The number of fused-ring (bicyclic) bond motifs is 8. The maximum atomic E-state index is 4.67. The molecule has 3 aromatic carbocycles. The molecule has 1 aliphatic heterocycles. The maximum Gasteiger partial charge on any atom is 2.00 e. The number of para-hydroxylation sites is 3. The first-order valence-corrected chi connectivity index (χ1v) is 13.8. The van der Waals surface area contributed by atoms with Crippen LogP contribution < -0.4 is 4.90 Å². The van der Waals surface area contributed by atoms with Gasteiger partial charge < -0.3 is 13.9 Å². The van der Waals surface area contributed by atoms with E-state index < -0.39 is 0 Å². The van der Waals surface area contributed by atoms with Crippen molar-refractivity contribution in [3.05, 3.63) is 114 Å². The van der Waals surface area contributed by atoms with Crippen molar-refractivity contribution in [1.29, 1.82) is 0 Å². The third-order valence-electron chi connectivity index (χ3n) is 7.63. The van der Waals surface area contributed by atoms with Crippen molar-refractivity contribution in [3.8, 4) is 11.4 Å². The standard InChI is InChI=1S/C32H20N6S.Mn/c1-2-11-25-21(8-1)20-34-38(25)23-10-7-9-22(18-23)36-26-12-3-4-13-27(26)37-30(36)19-24-31-28(39-32(24)37)15-17-35(31)29-14-5-6-16-33-29;/h1-14,16,20H,15,17H2;/q-2;+2. The van der Waals surface area contributed by atoms with Crippen molar-refractivity contribution >= 4 is 60.6 Å². The Labute approximate surface area is 244 Å². The van der Waals surface area contributed by atoms with Crippen molar-refractivity contribution in [2.24, 2.45) is 0 Å². The second-order valence-corrected chi connectivity index (χ2v) is 10.9. The molecule has 8 heteroatoms. The van der Waals surface area contributed by atoms with E-state index in [0.717, 1.165) is 63.1 Å². The van der Waals surface area contributed by atoms with Gasteiger partial charge in [0.05, 0.1) is 22.7 Å². The summed E-state index contributed by atoms with van der Waals surface area (Å²) < 4.78 is 6.58. The van der Waals surface area contributed by atoms with Crippen LogP contribution in [0.15, 0.2) is 97.3 Å². The molecule has 0 aliphatic carbocycles. The van der Waals surface area contributed by atoms with Crippen molar-refractivity contribution in [2.45, 2.75) is 6.42 Å². The summed E-state index contributed by atoms with van der Waals surface area (Å²) in [5, 5.41) is 6.93. The third kappa shape index (κ3) is 3.21. The number of anilines is 2. The number of aromatic nitrogens is 5. The van der Waals surface area contributed by atoms with Gasteiger partial charge in [0.2, 0.25) is 0 Å². The van der Waals surface area contributed by atoms with Gasteiger partial charge >= 0.3 is 17.1 Å². The zero-order valence-electron chi connectivity index (χ0n) is 21.1. The van der Waals surface area contributed by atoms with E-state index in [1.165, 1.54) is 15.4 Å². The van der Waals surface area contributed by atoms with E-state index in [4.69, 9.17) is 0 Å². The van der Waals surface area contributed by atoms with Crippen LogP contribution in [0.25, 0.3) is 49.2 Å². The van der Waals surface area contributed by atoms with Crippen LogP contribution in [0.1, 0.15) is 4.88 Å². The van der Waals surface area contributed by atoms with Gasteiger partial charge in [-0.1, -0.05) is 42.1 Å². The van der Waals surface area contributed by atoms with Gasteiger partial charge in [-0.3, -0.25) is 4.68 Å². The Morgan fingerprint density at radius 2 is 1.57 bits per heavy atom. The van der Waals surface area contributed by atoms with Gasteiger partial charge in [-0.15, -0.1) is 29.7 Å². The molecule has 9 rings (SSSR count). The van der Waals surface area contributed by atoms with Crippen molar-refractivity contribution < 1.29 is 17.1 Å². The molecular formula is C32H20MnN6S. The van der Waals surface area contributed by atoms with Crippen LogP contribution in [0, 0.1) is 12.1 Å². The quantitative estimate of drug-likeness (QED) is 0.166. The molecule has 8 aromatic rings. The number of imidazole rings is 1. The van der Waals surface area contributed by atoms with Gasteiger partial charge in [-0.05, 0) is 57.8 Å². The number of nitrogens with zero attached hydrogens (tertiary/aromatic N) is 6. The van der Waals surface area contributed by atoms with Gasteiger partial charge in [0.25, 0.3) is 0 Å². The Balaban J connectivity index is 0.00000245. The largest absolute Gasteiger partial charge is 2.00 e. The SMILES string of the molecule is [Mn+2].[c-]1c(-n2ncc3ccccc32)cccc1-n1c2ccccc2n2c3sc4c(c3[c-]c12)N(c1ccccn1)CC4. The van der Waals surface area contributed by atoms with Gasteiger partial charge in [0.1, 0.15) is 5.82 Å². The monoisotopic (exact) mass is 575 g/mol. The number of rotatable bonds is 3. The molecule has 5 aromatic heterocycles. The predicted molar refractivity (Wildman–Crippen MR) is 157 cm³/mol. The molecule has 0 N–H and O–H groups in total. The molecule has 0 atom stereocenters. The van der Waals surface area contributed by atoms with Gasteiger partial charge in [0.15, 0.2) is 0 Å². The van der Waals surface area contributed by atoms with Crippen LogP contribution in [0.3, 0.4) is 0 Å². The van der Waals surface area contributed by atoms with Crippen molar-refractivity contribution in [3.63, 3.8) is 0 Å². The Kier molecular flexibility index (Phi) is 5.19. The van der Waals surface area contributed by atoms with Crippen LogP contribution >= 0.6 is 11.3 Å². The summed E-state index contributed by atoms with van der Waals surface area (Å²) in [4.78, 5) is 9.61. The van der Waals surface area contributed by atoms with E-state index in [0.29, 0.717) is 0 Å². The molecule has 0 saturated heterocycles. The first kappa shape index (κ1) is 23.5. The summed E-state index contributed by atoms with van der Waals surface area (Å²) in [5.74, 6) is 0.987. The minimum Gasteiger partial charge on any atom is -0.378 e. The number of thiophene rings is 1. The normalized spacial score (nSPS) is 13.1. The fourth-order valence-corrected chi connectivity index (χ4v) is 7.22. The molecule has 191 valence electrons. The third-order valence-corrected chi connectivity index (χ3v) is 8.85. The summed E-state index contributed by atoms with van der Waals surface area (Å²) in [5.41, 5.74) is 7.46. The van der Waals surface area contributed by atoms with Crippen LogP contribution in [-0.2, 0) is 23.5 Å². The van der Waals surface area contributed by atoms with Gasteiger partial charge in [0, 0.05) is 23.8 Å². The second-order valence-electron chi connectivity index (χ2n) is 9.79. The smallest absolute Gasteiger partial charge is 0.378 e. The summed E-state index contributed by atoms with van der Waals surface area (Å²) in [6, 6.07) is 36.7. The van der Waals surface area contributed by atoms with E-state index >= 15 is 0 Å². The van der Waals surface area contributed by atoms with Crippen molar-refractivity contribution in [2.75, 3.05) is 11.4 Å². The minimum atomic E-state index is 0. The first-order valence-electron chi connectivity index (χ1n) is 13.0. The number of hydrogen-bond acceptors (Lipinski definition) is 4. The van der Waals surface area contributed by atoms with E-state index in [-0.39, 0.29) is 17.1 Å². The van der Waals surface area contributed by atoms with E-state index in [1.54, 1.807) is 0 Å². The van der Waals surface area contributed by atoms with Gasteiger partial charge in [-0.2, -0.15) is 11.2 Å². The van der Waals surface area contributed by atoms with Crippen LogP contribution in [0.2, 0.25) is 0 Å². The average Bonchev–Trinajstić information content (AvgIpc) is 3.78. The number of pyridine rings is 1. The molecule has 0 spiro atoms. The molecule has 40 heavy (non-hydrogen) atoms. The van der Waals surface area contributed by atoms with Gasteiger partial charge in [-0.25, -0.2) is 16.3 Å². The zero-order chi connectivity index (χ0) is 25.5. The minimum absolute atomic E-state index is 0. The predicted octanol–water partition coefficient (Wildman–Crippen LogP) is 7.12. The molecule has 6 nitrogen and oxygen atoms in total. The summed E-state index contributed by atoms with van der Waals surface area (Å²) in [6.45, 7) is 0.941. The van der Waals surface area contributed by atoms with E-state index in [1.807, 2.05) is 46.6 Å². The molecule has 1 radical (unpaired) electrons. The Morgan fingerprint density at radius 3 is 2.45 bits per heavy atom. The Hall–Kier alpha value is -4.36. The van der Waals surface area contributed by atoms with E-state index in [9.17, 15) is 0 Å². The van der Waals surface area contributed by atoms with E-state index in [2.05, 4.69) is 103 Å². The summed E-state index contributed by atoms with van der Waals surface area (Å²) >= 11 is 1.87. The fraction of sp³-hybridized carbons (Fsp3) is 0.0625. The molecular weight excluding hydrogens is 555 g/mol. The van der Waals surface area contributed by atoms with Crippen LogP contribution in [0.4, 0.5) is 11.5 Å². The first-order chi connectivity index (χ1) is 19.3. The molecule has 1 aliphatic rings. The Bertz CT molecular complexity index is 2200. The topological polar surface area (TPSA) is 43.3 Å². The summed E-state index contributed by atoms with van der Waals surface area (Å²) in [7, 11) is 0. The molecule has 0 fully saturated rings. The molecule has 0 saturated carbocycles. The fourth-order valence-electron chi connectivity index (χ4n) is 5.96. The number of hydrogen-bond donors (Lipinski definition) is 0. The average molecular weight is 576 g/mol. The summed E-state index contributed by atoms with van der Waals surface area (Å²) in [6.07, 6.45) is 4.79. The van der Waals surface area contributed by atoms with Crippen molar-refractivity contribution in [1.82, 2.24) is 23.7 Å². The maximum absolute atomic E-state index is 4.67. The molecule has 6 heterocycles. The molecule has 0 amide bonds. The Morgan fingerprint density at radius 1 is 0.775 bits per heavy atom. The molecule has 0 bridgehead atoms. The zero-order valence-corrected chi connectivity index (χ0v) is 23.1. The molecule has 0 unspecified atom stereocenters. The van der Waals surface area contributed by atoms with Crippen LogP contribution in [-0.4, -0.2) is 30.3 Å². The number of benzene rings is 3. The second kappa shape index (κ2) is 8.83.